The fraction of sp³-hybridized carbons (Fsp3) is 0.562. The van der Waals surface area contributed by atoms with E-state index < -0.39 is 27.6 Å². The molecule has 218 valence electrons. The molecule has 0 amide bonds. The molecule has 4 fully saturated rings. The Bertz CT molecular complexity index is 1250. The van der Waals surface area contributed by atoms with Crippen molar-refractivity contribution in [2.75, 3.05) is 0 Å². The van der Waals surface area contributed by atoms with Crippen LogP contribution in [0.5, 0.6) is 0 Å². The summed E-state index contributed by atoms with van der Waals surface area (Å²) in [5.74, 6) is -1.01. The van der Waals surface area contributed by atoms with Crippen LogP contribution in [0.2, 0.25) is 0 Å². The maximum Gasteiger partial charge on any atom is 0.179 e. The van der Waals surface area contributed by atoms with Crippen LogP contribution in [0, 0.1) is 46.9 Å². The Kier molecular flexibility index (Phi) is 10.8. The predicted octanol–water partition coefficient (Wildman–Crippen LogP) is 9.22. The number of rotatable bonds is 4. The summed E-state index contributed by atoms with van der Waals surface area (Å²) >= 11 is 12.1. The Morgan fingerprint density at radius 2 is 1.05 bits per heavy atom. The number of benzene rings is 2. The van der Waals surface area contributed by atoms with Crippen LogP contribution < -0.4 is 0 Å². The van der Waals surface area contributed by atoms with E-state index in [-0.39, 0.29) is 43.0 Å². The van der Waals surface area contributed by atoms with Crippen molar-refractivity contribution in [2.24, 2.45) is 23.7 Å². The van der Waals surface area contributed by atoms with Crippen LogP contribution in [-0.4, -0.2) is 15.9 Å². The molecule has 0 N–H and O–H groups in total. The molecule has 0 bridgehead atoms. The van der Waals surface area contributed by atoms with Crippen molar-refractivity contribution in [2.45, 2.75) is 86.8 Å². The first kappa shape index (κ1) is 32.6. The van der Waals surface area contributed by atoms with Gasteiger partial charge in [-0.3, -0.25) is 9.59 Å². The van der Waals surface area contributed by atoms with Crippen molar-refractivity contribution >= 4 is 34.8 Å². The van der Waals surface area contributed by atoms with E-state index in [1.165, 1.54) is 6.07 Å². The van der Waals surface area contributed by atoms with Crippen LogP contribution in [0.1, 0.15) is 93.6 Å². The summed E-state index contributed by atoms with van der Waals surface area (Å²) in [6.07, 6.45) is 9.07. The average Bonchev–Trinajstić information content (AvgIpc) is 2.94. The molecule has 41 heavy (non-hydrogen) atoms. The van der Waals surface area contributed by atoms with E-state index >= 15 is 0 Å². The van der Waals surface area contributed by atoms with E-state index in [0.29, 0.717) is 41.1 Å². The Labute approximate surface area is 261 Å². The molecule has 0 radical (unpaired) electrons. The minimum Gasteiger partial charge on any atom is -0.300 e. The summed E-state index contributed by atoms with van der Waals surface area (Å²) in [7, 11) is 0. The number of carbonyl (C=O) groups excluding carboxylic acids is 2. The van der Waals surface area contributed by atoms with Crippen molar-refractivity contribution < 1.29 is 46.6 Å². The van der Waals surface area contributed by atoms with E-state index in [4.69, 9.17) is 23.2 Å². The first-order valence-electron chi connectivity index (χ1n) is 14.4. The van der Waals surface area contributed by atoms with E-state index in [1.54, 1.807) is 24.3 Å². The zero-order valence-electron chi connectivity index (χ0n) is 23.0. The molecule has 4 aliphatic carbocycles. The average molecular weight is 663 g/mol. The fourth-order valence-corrected chi connectivity index (χ4v) is 7.93. The Hall–Kier alpha value is -1.30. The minimum atomic E-state index is -1.23. The van der Waals surface area contributed by atoms with Crippen molar-refractivity contribution in [3.63, 3.8) is 0 Å². The van der Waals surface area contributed by atoms with Crippen molar-refractivity contribution in [3.8, 4) is 0 Å². The Morgan fingerprint density at radius 3 is 1.44 bits per heavy atom. The molecule has 6 rings (SSSR count). The van der Waals surface area contributed by atoms with E-state index in [2.05, 4.69) is 0 Å². The minimum absolute atomic E-state index is 0. The van der Waals surface area contributed by atoms with Gasteiger partial charge in [-0.1, -0.05) is 47.5 Å². The van der Waals surface area contributed by atoms with E-state index in [1.807, 2.05) is 0 Å². The smallest absolute Gasteiger partial charge is 0.179 e. The number of carbonyl (C=O) groups is 2. The van der Waals surface area contributed by atoms with Crippen LogP contribution >= 0.6 is 23.2 Å². The van der Waals surface area contributed by atoms with Gasteiger partial charge in [0.1, 0.15) is 5.78 Å². The van der Waals surface area contributed by atoms with Gasteiger partial charge in [0.2, 0.25) is 0 Å². The number of alkyl halides is 2. The quantitative estimate of drug-likeness (QED) is 0.186. The molecule has 0 aliphatic heterocycles. The number of hydrogen-bond donors (Lipinski definition) is 0. The zero-order chi connectivity index (χ0) is 28.6. The molecule has 4 saturated carbocycles. The second-order valence-electron chi connectivity index (χ2n) is 12.1. The molecule has 0 saturated heterocycles. The monoisotopic (exact) mass is 660 g/mol. The van der Waals surface area contributed by atoms with Crippen LogP contribution in [0.15, 0.2) is 36.4 Å². The number of ketones is 2. The van der Waals surface area contributed by atoms with Crippen LogP contribution in [0.3, 0.4) is 0 Å². The van der Waals surface area contributed by atoms with Gasteiger partial charge in [-0.25, -0.2) is 17.6 Å². The van der Waals surface area contributed by atoms with Gasteiger partial charge >= 0.3 is 0 Å². The van der Waals surface area contributed by atoms with Gasteiger partial charge < -0.3 is 0 Å². The van der Waals surface area contributed by atoms with E-state index in [0.717, 1.165) is 70.3 Å². The number of Topliss-reactive ketones (excluding diaryl/α,β-unsaturated/α-hetero) is 2. The van der Waals surface area contributed by atoms with Crippen LogP contribution in [0.4, 0.5) is 17.6 Å². The second-order valence-corrected chi connectivity index (χ2v) is 13.5. The standard InChI is InChI=1S/C16H16Cl2F2O.C16H18F2O.Zn/c17-16(18)12(8-14(16)21)10-6-4-9(5-7-10)11-2-1-3-13(19)15(11)20;17-15-3-1-2-14(16(15)18)11-6-4-10(5-7-11)12-8-13(19)9-12;/h1-3,9-10,12H,4-8H2;1-3,10-12H,4-9H2;. The predicted molar refractivity (Wildman–Crippen MR) is 147 cm³/mol. The van der Waals surface area contributed by atoms with Gasteiger partial charge in [0.15, 0.2) is 33.4 Å². The Balaban J connectivity index is 0.000000185. The number of hydrogen-bond acceptors (Lipinski definition) is 2. The molecule has 0 spiro atoms. The maximum absolute atomic E-state index is 13.8. The van der Waals surface area contributed by atoms with Crippen LogP contribution in [-0.2, 0) is 29.1 Å². The SMILES string of the molecule is O=C1CC(C2CCC(c3cccc(F)c3F)CC2)C1.O=C1CC(C2CCC(c3cccc(F)c3F)CC2)C1(Cl)Cl.[Zn]. The van der Waals surface area contributed by atoms with E-state index in [9.17, 15) is 27.2 Å². The summed E-state index contributed by atoms with van der Waals surface area (Å²) in [6, 6.07) is 8.81. The molecule has 0 heterocycles. The third kappa shape index (κ3) is 6.94. The topological polar surface area (TPSA) is 34.1 Å². The summed E-state index contributed by atoms with van der Waals surface area (Å²) in [4.78, 5) is 22.4. The summed E-state index contributed by atoms with van der Waals surface area (Å²) < 4.78 is 52.9. The molecule has 1 unspecified atom stereocenters. The van der Waals surface area contributed by atoms with Crippen molar-refractivity contribution in [3.05, 3.63) is 70.8 Å². The normalized spacial score (nSPS) is 29.4. The van der Waals surface area contributed by atoms with Gasteiger partial charge in [-0.15, -0.1) is 0 Å². The molecule has 2 nitrogen and oxygen atoms in total. The number of halogens is 6. The van der Waals surface area contributed by atoms with Gasteiger partial charge in [0.25, 0.3) is 0 Å². The molecule has 9 heteroatoms. The van der Waals surface area contributed by atoms with Gasteiger partial charge in [0.05, 0.1) is 0 Å². The summed E-state index contributed by atoms with van der Waals surface area (Å²) in [5.41, 5.74) is 0.990. The van der Waals surface area contributed by atoms with Crippen molar-refractivity contribution in [1.82, 2.24) is 0 Å². The molecule has 4 aliphatic rings. The molecular weight excluding hydrogens is 629 g/mol. The molecule has 2 aromatic rings. The second kappa shape index (κ2) is 13.6. The van der Waals surface area contributed by atoms with Crippen LogP contribution in [0.25, 0.3) is 0 Å². The third-order valence-electron chi connectivity index (χ3n) is 9.84. The maximum atomic E-state index is 13.8. The first-order valence-corrected chi connectivity index (χ1v) is 15.1. The third-order valence-corrected chi connectivity index (χ3v) is 10.8. The van der Waals surface area contributed by atoms with Gasteiger partial charge in [0, 0.05) is 44.7 Å². The fourth-order valence-electron chi connectivity index (χ4n) is 7.27. The van der Waals surface area contributed by atoms with Gasteiger partial charge in [-0.05, 0) is 104 Å². The summed E-state index contributed by atoms with van der Waals surface area (Å²) in [5, 5.41) is 0. The molecule has 0 aromatic heterocycles. The van der Waals surface area contributed by atoms with Crippen molar-refractivity contribution in [1.29, 1.82) is 0 Å². The zero-order valence-corrected chi connectivity index (χ0v) is 27.5. The molecule has 2 aromatic carbocycles. The first-order chi connectivity index (χ1) is 19.1. The van der Waals surface area contributed by atoms with Gasteiger partial charge in [-0.2, -0.15) is 0 Å². The molecular formula is C32H34Cl2F4O2Zn. The largest absolute Gasteiger partial charge is 0.300 e. The Morgan fingerprint density at radius 1 is 0.610 bits per heavy atom. The molecule has 1 atom stereocenters. The summed E-state index contributed by atoms with van der Waals surface area (Å²) in [6.45, 7) is 0.